The summed E-state index contributed by atoms with van der Waals surface area (Å²) in [6, 6.07) is 18.1. The first kappa shape index (κ1) is 13.5. The molecule has 2 aromatic heterocycles. The van der Waals surface area contributed by atoms with Crippen molar-refractivity contribution in [1.29, 1.82) is 0 Å². The molecule has 0 unspecified atom stereocenters. The Hall–Kier alpha value is -3.21. The van der Waals surface area contributed by atoms with Crippen molar-refractivity contribution in [3.8, 4) is 5.69 Å². The van der Waals surface area contributed by atoms with Gasteiger partial charge in [-0.2, -0.15) is 5.10 Å². The standard InChI is InChI=1S/C18H15N5/c1-13-7-9-14(10-8-13)22-17-16-11-21-23(18(16)20-12-19-17)15-5-3-2-4-6-15/h2-12H,1H3,(H,19,20,22). The normalized spacial score (nSPS) is 10.8. The van der Waals surface area contributed by atoms with Crippen LogP contribution in [-0.2, 0) is 0 Å². The van der Waals surface area contributed by atoms with E-state index in [1.54, 1.807) is 12.5 Å². The van der Waals surface area contributed by atoms with Crippen LogP contribution in [0.4, 0.5) is 11.5 Å². The minimum atomic E-state index is 0.751. The van der Waals surface area contributed by atoms with Crippen molar-refractivity contribution in [2.45, 2.75) is 6.92 Å². The highest BCUT2D eigenvalue weighted by molar-refractivity contribution is 5.89. The average Bonchev–Trinajstić information content (AvgIpc) is 3.03. The van der Waals surface area contributed by atoms with E-state index in [0.717, 1.165) is 28.2 Å². The van der Waals surface area contributed by atoms with Crippen molar-refractivity contribution in [3.63, 3.8) is 0 Å². The fourth-order valence-electron chi connectivity index (χ4n) is 2.48. The third-order valence-corrected chi connectivity index (χ3v) is 3.68. The van der Waals surface area contributed by atoms with Crippen molar-refractivity contribution in [1.82, 2.24) is 19.7 Å². The molecule has 112 valence electrons. The van der Waals surface area contributed by atoms with Gasteiger partial charge in [-0.1, -0.05) is 35.9 Å². The molecule has 2 aromatic carbocycles. The summed E-state index contributed by atoms with van der Waals surface area (Å²) in [5.41, 5.74) is 3.96. The molecule has 0 bridgehead atoms. The third-order valence-electron chi connectivity index (χ3n) is 3.68. The predicted molar refractivity (Wildman–Crippen MR) is 91.1 cm³/mol. The SMILES string of the molecule is Cc1ccc(Nc2ncnc3c2cnn3-c2ccccc2)cc1. The lowest BCUT2D eigenvalue weighted by atomic mass is 10.2. The second-order valence-electron chi connectivity index (χ2n) is 5.34. The van der Waals surface area contributed by atoms with Gasteiger partial charge in [-0.15, -0.1) is 0 Å². The molecule has 0 saturated heterocycles. The lowest BCUT2D eigenvalue weighted by molar-refractivity contribution is 0.895. The summed E-state index contributed by atoms with van der Waals surface area (Å²) >= 11 is 0. The van der Waals surface area contributed by atoms with Crippen LogP contribution >= 0.6 is 0 Å². The third kappa shape index (κ3) is 2.53. The van der Waals surface area contributed by atoms with Gasteiger partial charge in [0.15, 0.2) is 5.65 Å². The Morgan fingerprint density at radius 3 is 2.48 bits per heavy atom. The Morgan fingerprint density at radius 1 is 0.913 bits per heavy atom. The number of aryl methyl sites for hydroxylation is 1. The lowest BCUT2D eigenvalue weighted by Gasteiger charge is -2.07. The van der Waals surface area contributed by atoms with Gasteiger partial charge in [-0.3, -0.25) is 0 Å². The van der Waals surface area contributed by atoms with Crippen LogP contribution < -0.4 is 5.32 Å². The van der Waals surface area contributed by atoms with Crippen LogP contribution in [0, 0.1) is 6.92 Å². The Balaban J connectivity index is 1.77. The van der Waals surface area contributed by atoms with Gasteiger partial charge in [0.2, 0.25) is 0 Å². The number of aromatic nitrogens is 4. The fourth-order valence-corrected chi connectivity index (χ4v) is 2.48. The molecule has 0 aliphatic rings. The van der Waals surface area contributed by atoms with E-state index >= 15 is 0 Å². The molecular weight excluding hydrogens is 286 g/mol. The fraction of sp³-hybridized carbons (Fsp3) is 0.0556. The van der Waals surface area contributed by atoms with Crippen LogP contribution in [0.1, 0.15) is 5.56 Å². The van der Waals surface area contributed by atoms with E-state index in [9.17, 15) is 0 Å². The van der Waals surface area contributed by atoms with Crippen molar-refractivity contribution >= 4 is 22.5 Å². The molecule has 0 aliphatic heterocycles. The molecule has 4 aromatic rings. The van der Waals surface area contributed by atoms with E-state index < -0.39 is 0 Å². The van der Waals surface area contributed by atoms with Gasteiger partial charge < -0.3 is 5.32 Å². The van der Waals surface area contributed by atoms with Crippen molar-refractivity contribution < 1.29 is 0 Å². The second-order valence-corrected chi connectivity index (χ2v) is 5.34. The number of para-hydroxylation sites is 1. The molecule has 0 radical (unpaired) electrons. The first-order valence-electron chi connectivity index (χ1n) is 7.39. The molecule has 2 heterocycles. The molecule has 5 nitrogen and oxygen atoms in total. The summed E-state index contributed by atoms with van der Waals surface area (Å²) in [6.07, 6.45) is 3.35. The van der Waals surface area contributed by atoms with Crippen LogP contribution in [-0.4, -0.2) is 19.7 Å². The first-order valence-corrected chi connectivity index (χ1v) is 7.39. The number of benzene rings is 2. The van der Waals surface area contributed by atoms with Crippen LogP contribution in [0.25, 0.3) is 16.7 Å². The van der Waals surface area contributed by atoms with Gasteiger partial charge in [0, 0.05) is 5.69 Å². The van der Waals surface area contributed by atoms with Crippen LogP contribution in [0.3, 0.4) is 0 Å². The van der Waals surface area contributed by atoms with E-state index in [1.807, 2.05) is 47.1 Å². The Kier molecular flexibility index (Phi) is 3.24. The molecule has 0 spiro atoms. The number of anilines is 2. The Morgan fingerprint density at radius 2 is 1.70 bits per heavy atom. The molecule has 0 atom stereocenters. The molecular formula is C18H15N5. The summed E-state index contributed by atoms with van der Waals surface area (Å²) in [4.78, 5) is 8.74. The smallest absolute Gasteiger partial charge is 0.168 e. The number of hydrogen-bond acceptors (Lipinski definition) is 4. The predicted octanol–water partition coefficient (Wildman–Crippen LogP) is 3.87. The summed E-state index contributed by atoms with van der Waals surface area (Å²) in [5.74, 6) is 0.751. The number of hydrogen-bond donors (Lipinski definition) is 1. The maximum Gasteiger partial charge on any atom is 0.168 e. The van der Waals surface area contributed by atoms with E-state index in [-0.39, 0.29) is 0 Å². The summed E-state index contributed by atoms with van der Waals surface area (Å²) < 4.78 is 1.82. The zero-order valence-electron chi connectivity index (χ0n) is 12.6. The molecule has 0 saturated carbocycles. The highest BCUT2D eigenvalue weighted by Gasteiger charge is 2.11. The van der Waals surface area contributed by atoms with E-state index in [2.05, 4.69) is 39.4 Å². The zero-order chi connectivity index (χ0) is 15.6. The summed E-state index contributed by atoms with van der Waals surface area (Å²) in [7, 11) is 0. The van der Waals surface area contributed by atoms with Gasteiger partial charge in [-0.25, -0.2) is 14.6 Å². The van der Waals surface area contributed by atoms with E-state index in [1.165, 1.54) is 5.56 Å². The molecule has 23 heavy (non-hydrogen) atoms. The monoisotopic (exact) mass is 301 g/mol. The van der Waals surface area contributed by atoms with Gasteiger partial charge >= 0.3 is 0 Å². The Labute approximate surface area is 133 Å². The largest absolute Gasteiger partial charge is 0.340 e. The quantitative estimate of drug-likeness (QED) is 0.624. The summed E-state index contributed by atoms with van der Waals surface area (Å²) in [6.45, 7) is 2.07. The van der Waals surface area contributed by atoms with Crippen molar-refractivity contribution in [2.75, 3.05) is 5.32 Å². The highest BCUT2D eigenvalue weighted by Crippen LogP contribution is 2.24. The van der Waals surface area contributed by atoms with Gasteiger partial charge in [0.1, 0.15) is 12.1 Å². The van der Waals surface area contributed by atoms with Crippen LogP contribution in [0.15, 0.2) is 67.1 Å². The minimum Gasteiger partial charge on any atom is -0.340 e. The maximum absolute atomic E-state index is 4.46. The number of nitrogens with one attached hydrogen (secondary N) is 1. The topological polar surface area (TPSA) is 55.6 Å². The molecule has 5 heteroatoms. The number of nitrogens with zero attached hydrogens (tertiary/aromatic N) is 4. The summed E-state index contributed by atoms with van der Waals surface area (Å²) in [5, 5.41) is 8.68. The van der Waals surface area contributed by atoms with Crippen molar-refractivity contribution in [2.24, 2.45) is 0 Å². The van der Waals surface area contributed by atoms with E-state index in [4.69, 9.17) is 0 Å². The second kappa shape index (κ2) is 5.53. The van der Waals surface area contributed by atoms with Crippen molar-refractivity contribution in [3.05, 3.63) is 72.7 Å². The van der Waals surface area contributed by atoms with E-state index in [0.29, 0.717) is 0 Å². The van der Waals surface area contributed by atoms with Crippen LogP contribution in [0.5, 0.6) is 0 Å². The first-order chi connectivity index (χ1) is 11.3. The van der Waals surface area contributed by atoms with Crippen LogP contribution in [0.2, 0.25) is 0 Å². The average molecular weight is 301 g/mol. The number of rotatable bonds is 3. The van der Waals surface area contributed by atoms with Gasteiger partial charge in [0.05, 0.1) is 17.3 Å². The molecule has 0 amide bonds. The minimum absolute atomic E-state index is 0.751. The molecule has 4 rings (SSSR count). The maximum atomic E-state index is 4.46. The van der Waals surface area contributed by atoms with Gasteiger partial charge in [0.25, 0.3) is 0 Å². The zero-order valence-corrected chi connectivity index (χ0v) is 12.6. The number of fused-ring (bicyclic) bond motifs is 1. The highest BCUT2D eigenvalue weighted by atomic mass is 15.3. The Bertz CT molecular complexity index is 942. The lowest BCUT2D eigenvalue weighted by Crippen LogP contribution is -1.99. The molecule has 1 N–H and O–H groups in total. The molecule has 0 fully saturated rings. The molecule has 0 aliphatic carbocycles. The van der Waals surface area contributed by atoms with Gasteiger partial charge in [-0.05, 0) is 31.2 Å².